The first-order valence-electron chi connectivity index (χ1n) is 4.22. The molecule has 86 valence electrons. The molecule has 1 aromatic heterocycles. The number of carbonyl (C=O) groups excluding carboxylic acids is 2. The lowest BCUT2D eigenvalue weighted by atomic mass is 10.5. The van der Waals surface area contributed by atoms with Crippen LogP contribution in [0.15, 0.2) is 6.33 Å². The van der Waals surface area contributed by atoms with Crippen molar-refractivity contribution in [3.63, 3.8) is 0 Å². The van der Waals surface area contributed by atoms with Crippen LogP contribution in [0, 0.1) is 0 Å². The van der Waals surface area contributed by atoms with Crippen LogP contribution in [0.25, 0.3) is 0 Å². The number of thiocarbonyl (C=S) groups is 1. The summed E-state index contributed by atoms with van der Waals surface area (Å²) < 4.78 is 1.32. The first-order valence-corrected chi connectivity index (χ1v) is 4.63. The molecular weight excluding hydrogens is 232 g/mol. The zero-order valence-corrected chi connectivity index (χ0v) is 9.24. The zero-order chi connectivity index (χ0) is 12.1. The van der Waals surface area contributed by atoms with E-state index in [1.54, 1.807) is 7.05 Å². The monoisotopic (exact) mass is 242 g/mol. The number of rotatable bonds is 3. The highest BCUT2D eigenvalue weighted by molar-refractivity contribution is 7.80. The first kappa shape index (κ1) is 12.0. The van der Waals surface area contributed by atoms with E-state index < -0.39 is 11.8 Å². The molecule has 2 amide bonds. The normalized spacial score (nSPS) is 9.56. The minimum absolute atomic E-state index is 0.0274. The smallest absolute Gasteiger partial charge is 0.316 e. The lowest BCUT2D eigenvalue weighted by molar-refractivity contribution is -0.136. The molecule has 0 saturated carbocycles. The summed E-state index contributed by atoms with van der Waals surface area (Å²) in [6, 6.07) is 0. The highest BCUT2D eigenvalue weighted by Gasteiger charge is 2.15. The standard InChI is InChI=1S/C7H10N6O2S/c1-13-7(10-3-11-13)12-6(15)5(14)9-2-4(8)16/h3H,2H2,1H3,(H2,8,16)(H,9,14)(H,10,11,12,15). The van der Waals surface area contributed by atoms with Crippen molar-refractivity contribution in [1.82, 2.24) is 20.1 Å². The van der Waals surface area contributed by atoms with Gasteiger partial charge in [0.2, 0.25) is 5.95 Å². The van der Waals surface area contributed by atoms with Gasteiger partial charge >= 0.3 is 11.8 Å². The summed E-state index contributed by atoms with van der Waals surface area (Å²) in [6.07, 6.45) is 1.25. The summed E-state index contributed by atoms with van der Waals surface area (Å²) in [5.41, 5.74) is 5.16. The molecule has 0 aromatic carbocycles. The Balaban J connectivity index is 2.50. The Bertz CT molecular complexity index is 428. The maximum absolute atomic E-state index is 11.3. The second-order valence-electron chi connectivity index (χ2n) is 2.81. The lowest BCUT2D eigenvalue weighted by Crippen LogP contribution is -2.39. The molecule has 8 nitrogen and oxygen atoms in total. The predicted octanol–water partition coefficient (Wildman–Crippen LogP) is -1.84. The SMILES string of the molecule is Cn1ncnc1NC(=O)C(=O)NCC(N)=S. The van der Waals surface area contributed by atoms with Gasteiger partial charge in [-0.3, -0.25) is 14.9 Å². The van der Waals surface area contributed by atoms with Gasteiger partial charge in [0.15, 0.2) is 0 Å². The van der Waals surface area contributed by atoms with E-state index in [1.807, 2.05) is 0 Å². The van der Waals surface area contributed by atoms with Gasteiger partial charge in [-0.25, -0.2) is 4.68 Å². The molecule has 0 atom stereocenters. The molecular formula is C7H10N6O2S. The van der Waals surface area contributed by atoms with Crippen molar-refractivity contribution in [3.05, 3.63) is 6.33 Å². The van der Waals surface area contributed by atoms with E-state index in [0.717, 1.165) is 0 Å². The van der Waals surface area contributed by atoms with Gasteiger partial charge in [0.1, 0.15) is 6.33 Å². The van der Waals surface area contributed by atoms with E-state index in [0.29, 0.717) is 0 Å². The molecule has 0 bridgehead atoms. The molecule has 0 fully saturated rings. The van der Waals surface area contributed by atoms with Crippen LogP contribution in [0.3, 0.4) is 0 Å². The molecule has 0 saturated heterocycles. The van der Waals surface area contributed by atoms with Crippen LogP contribution in [-0.2, 0) is 16.6 Å². The Labute approximate surface area is 96.2 Å². The third-order valence-corrected chi connectivity index (χ3v) is 1.71. The fourth-order valence-corrected chi connectivity index (χ4v) is 0.888. The third kappa shape index (κ3) is 3.28. The molecule has 0 aliphatic rings. The summed E-state index contributed by atoms with van der Waals surface area (Å²) in [5, 5.41) is 8.23. The Morgan fingerprint density at radius 1 is 1.56 bits per heavy atom. The van der Waals surface area contributed by atoms with Crippen LogP contribution >= 0.6 is 12.2 Å². The molecule has 4 N–H and O–H groups in total. The van der Waals surface area contributed by atoms with E-state index in [1.165, 1.54) is 11.0 Å². The van der Waals surface area contributed by atoms with Gasteiger partial charge in [-0.2, -0.15) is 10.1 Å². The predicted molar refractivity (Wildman–Crippen MR) is 59.4 cm³/mol. The Morgan fingerprint density at radius 3 is 2.75 bits per heavy atom. The molecule has 0 radical (unpaired) electrons. The molecule has 1 rings (SSSR count). The lowest BCUT2D eigenvalue weighted by Gasteiger charge is -2.04. The molecule has 0 aliphatic carbocycles. The van der Waals surface area contributed by atoms with E-state index in [4.69, 9.17) is 5.73 Å². The summed E-state index contributed by atoms with van der Waals surface area (Å²) >= 11 is 4.54. The molecule has 1 heterocycles. The third-order valence-electron chi connectivity index (χ3n) is 1.57. The van der Waals surface area contributed by atoms with E-state index >= 15 is 0 Å². The Morgan fingerprint density at radius 2 is 2.25 bits per heavy atom. The number of aromatic nitrogens is 3. The highest BCUT2D eigenvalue weighted by Crippen LogP contribution is 1.96. The zero-order valence-electron chi connectivity index (χ0n) is 8.43. The maximum atomic E-state index is 11.3. The van der Waals surface area contributed by atoms with E-state index in [9.17, 15) is 9.59 Å². The number of hydrogen-bond acceptors (Lipinski definition) is 5. The second kappa shape index (κ2) is 5.16. The minimum atomic E-state index is -0.854. The summed E-state index contributed by atoms with van der Waals surface area (Å²) in [6.45, 7) is -0.0274. The van der Waals surface area contributed by atoms with Crippen LogP contribution in [0.5, 0.6) is 0 Å². The number of aryl methyl sites for hydroxylation is 1. The fraction of sp³-hybridized carbons (Fsp3) is 0.286. The van der Waals surface area contributed by atoms with Crippen molar-refractivity contribution in [2.75, 3.05) is 11.9 Å². The Kier molecular flexibility index (Phi) is 3.89. The topological polar surface area (TPSA) is 115 Å². The second-order valence-corrected chi connectivity index (χ2v) is 3.33. The number of carbonyl (C=O) groups is 2. The molecule has 1 aromatic rings. The average molecular weight is 242 g/mol. The number of amides is 2. The molecule has 16 heavy (non-hydrogen) atoms. The van der Waals surface area contributed by atoms with Crippen LogP contribution in [0.1, 0.15) is 0 Å². The Hall–Kier alpha value is -2.03. The van der Waals surface area contributed by atoms with Crippen molar-refractivity contribution in [2.45, 2.75) is 0 Å². The van der Waals surface area contributed by atoms with Crippen LogP contribution in [0.2, 0.25) is 0 Å². The van der Waals surface area contributed by atoms with Crippen LogP contribution in [-0.4, -0.2) is 38.1 Å². The molecule has 0 aliphatic heterocycles. The molecule has 9 heteroatoms. The van der Waals surface area contributed by atoms with Gasteiger partial charge in [0.25, 0.3) is 0 Å². The summed E-state index contributed by atoms with van der Waals surface area (Å²) in [5.74, 6) is -1.52. The number of nitrogens with zero attached hydrogens (tertiary/aromatic N) is 3. The number of hydrogen-bond donors (Lipinski definition) is 3. The van der Waals surface area contributed by atoms with Gasteiger partial charge in [0.05, 0.1) is 11.5 Å². The van der Waals surface area contributed by atoms with Crippen molar-refractivity contribution in [1.29, 1.82) is 0 Å². The van der Waals surface area contributed by atoms with Crippen LogP contribution < -0.4 is 16.4 Å². The summed E-state index contributed by atoms with van der Waals surface area (Å²) in [7, 11) is 1.58. The molecule has 0 unspecified atom stereocenters. The first-order chi connectivity index (χ1) is 7.50. The van der Waals surface area contributed by atoms with Gasteiger partial charge in [-0.05, 0) is 0 Å². The minimum Gasteiger partial charge on any atom is -0.392 e. The maximum Gasteiger partial charge on any atom is 0.316 e. The van der Waals surface area contributed by atoms with Crippen molar-refractivity contribution in [2.24, 2.45) is 12.8 Å². The molecule has 0 spiro atoms. The van der Waals surface area contributed by atoms with Crippen molar-refractivity contribution in [3.8, 4) is 0 Å². The van der Waals surface area contributed by atoms with E-state index in [-0.39, 0.29) is 17.5 Å². The van der Waals surface area contributed by atoms with Gasteiger partial charge < -0.3 is 11.1 Å². The summed E-state index contributed by atoms with van der Waals surface area (Å²) in [4.78, 5) is 26.3. The number of nitrogens with two attached hydrogens (primary N) is 1. The largest absolute Gasteiger partial charge is 0.392 e. The van der Waals surface area contributed by atoms with Crippen LogP contribution in [0.4, 0.5) is 5.95 Å². The van der Waals surface area contributed by atoms with Gasteiger partial charge in [0, 0.05) is 7.05 Å². The number of nitrogens with one attached hydrogen (secondary N) is 2. The quantitative estimate of drug-likeness (QED) is 0.423. The number of anilines is 1. The average Bonchev–Trinajstić information content (AvgIpc) is 2.60. The van der Waals surface area contributed by atoms with E-state index in [2.05, 4.69) is 32.9 Å². The highest BCUT2D eigenvalue weighted by atomic mass is 32.1. The van der Waals surface area contributed by atoms with Crippen molar-refractivity contribution < 1.29 is 9.59 Å². The fourth-order valence-electron chi connectivity index (χ4n) is 0.815. The van der Waals surface area contributed by atoms with Gasteiger partial charge in [-0.1, -0.05) is 12.2 Å². The van der Waals surface area contributed by atoms with Crippen molar-refractivity contribution >= 4 is 35.0 Å². The van der Waals surface area contributed by atoms with Gasteiger partial charge in [-0.15, -0.1) is 0 Å².